The van der Waals surface area contributed by atoms with Crippen LogP contribution in [0.15, 0.2) is 29.4 Å². The topological polar surface area (TPSA) is 66.7 Å². The van der Waals surface area contributed by atoms with E-state index in [2.05, 4.69) is 5.18 Å². The van der Waals surface area contributed by atoms with E-state index in [9.17, 15) is 9.70 Å². The van der Waals surface area contributed by atoms with Gasteiger partial charge in [0.15, 0.2) is 0 Å². The smallest absolute Gasteiger partial charge is 0.310 e. The fraction of sp³-hybridized carbons (Fsp3) is 0.533. The minimum absolute atomic E-state index is 0.0589. The molecule has 1 aliphatic carbocycles. The van der Waals surface area contributed by atoms with Crippen molar-refractivity contribution in [3.05, 3.63) is 40.3 Å². The molecule has 0 bridgehead atoms. The van der Waals surface area contributed by atoms with Gasteiger partial charge in [0.25, 0.3) is 0 Å². The fourth-order valence-electron chi connectivity index (χ4n) is 2.76. The lowest BCUT2D eigenvalue weighted by Crippen LogP contribution is -2.16. The predicted octanol–water partition coefficient (Wildman–Crippen LogP) is 3.67. The summed E-state index contributed by atoms with van der Waals surface area (Å²) in [5, 5.41) is 12.1. The van der Waals surface area contributed by atoms with Gasteiger partial charge in [-0.2, -0.15) is 4.91 Å². The Morgan fingerprint density at radius 1 is 1.32 bits per heavy atom. The van der Waals surface area contributed by atoms with Crippen LogP contribution in [0.1, 0.15) is 55.6 Å². The molecule has 0 aromatic heterocycles. The van der Waals surface area contributed by atoms with Crippen LogP contribution < -0.4 is 0 Å². The molecule has 0 amide bonds. The number of nitroso groups, excluding NO2 is 1. The van der Waals surface area contributed by atoms with Gasteiger partial charge >= 0.3 is 5.97 Å². The molecular formula is C15H19NO3. The minimum Gasteiger partial charge on any atom is -0.481 e. The van der Waals surface area contributed by atoms with Gasteiger partial charge in [-0.3, -0.25) is 4.79 Å². The number of aliphatic carboxylic acids is 1. The van der Waals surface area contributed by atoms with Crippen LogP contribution in [-0.2, 0) is 4.79 Å². The maximum atomic E-state index is 10.9. The Bertz CT molecular complexity index is 455. The highest BCUT2D eigenvalue weighted by atomic mass is 16.4. The van der Waals surface area contributed by atoms with Crippen LogP contribution in [0.4, 0.5) is 0 Å². The molecule has 4 heteroatoms. The van der Waals surface area contributed by atoms with Crippen molar-refractivity contribution in [1.82, 2.24) is 0 Å². The number of nitrogens with zero attached hydrogens (tertiary/aromatic N) is 1. The van der Waals surface area contributed by atoms with E-state index < -0.39 is 11.9 Å². The Balaban J connectivity index is 2.09. The summed E-state index contributed by atoms with van der Waals surface area (Å²) < 4.78 is 0. The molecule has 1 aliphatic rings. The number of hydrogen-bond donors (Lipinski definition) is 1. The monoisotopic (exact) mass is 261 g/mol. The fourth-order valence-corrected chi connectivity index (χ4v) is 2.76. The number of rotatable bonds is 4. The molecular weight excluding hydrogens is 242 g/mol. The largest absolute Gasteiger partial charge is 0.481 e. The van der Waals surface area contributed by atoms with E-state index in [-0.39, 0.29) is 6.04 Å². The van der Waals surface area contributed by atoms with Gasteiger partial charge in [0.05, 0.1) is 12.0 Å². The molecule has 0 aliphatic heterocycles. The normalized spacial score (nSPS) is 24.7. The molecule has 19 heavy (non-hydrogen) atoms. The molecule has 0 heterocycles. The third-order valence-corrected chi connectivity index (χ3v) is 4.07. The third-order valence-electron chi connectivity index (χ3n) is 4.07. The lowest BCUT2D eigenvalue weighted by atomic mass is 9.81. The highest BCUT2D eigenvalue weighted by Gasteiger charge is 2.24. The SMILES string of the molecule is CC(C(=O)O)c1ccc(C2CCCC(N=O)C2)cc1. The van der Waals surface area contributed by atoms with E-state index in [1.807, 2.05) is 24.3 Å². The number of benzene rings is 1. The zero-order valence-corrected chi connectivity index (χ0v) is 11.1. The second-order valence-corrected chi connectivity index (χ2v) is 5.35. The minimum atomic E-state index is -0.810. The summed E-state index contributed by atoms with van der Waals surface area (Å²) in [5.74, 6) is -0.911. The van der Waals surface area contributed by atoms with Gasteiger partial charge in [-0.1, -0.05) is 35.9 Å². The van der Waals surface area contributed by atoms with Gasteiger partial charge in [0, 0.05) is 0 Å². The van der Waals surface area contributed by atoms with Crippen LogP contribution in [-0.4, -0.2) is 17.1 Å². The standard InChI is InChI=1S/C15H19NO3/c1-10(15(17)18)11-5-7-12(8-6-11)13-3-2-4-14(9-13)16-19/h5-8,10,13-14H,2-4,9H2,1H3,(H,17,18). The molecule has 1 saturated carbocycles. The first-order valence-electron chi connectivity index (χ1n) is 6.77. The summed E-state index contributed by atoms with van der Waals surface area (Å²) in [6, 6.07) is 7.69. The highest BCUT2D eigenvalue weighted by Crippen LogP contribution is 2.34. The predicted molar refractivity (Wildman–Crippen MR) is 73.3 cm³/mol. The van der Waals surface area contributed by atoms with Crippen molar-refractivity contribution in [2.75, 3.05) is 0 Å². The molecule has 3 atom stereocenters. The van der Waals surface area contributed by atoms with Crippen LogP contribution in [0, 0.1) is 4.91 Å². The summed E-state index contributed by atoms with van der Waals surface area (Å²) in [4.78, 5) is 21.6. The average Bonchev–Trinajstić information content (AvgIpc) is 2.46. The van der Waals surface area contributed by atoms with Crippen LogP contribution in [0.2, 0.25) is 0 Å². The lowest BCUT2D eigenvalue weighted by molar-refractivity contribution is -0.138. The molecule has 2 rings (SSSR count). The van der Waals surface area contributed by atoms with Gasteiger partial charge in [-0.25, -0.2) is 0 Å². The van der Waals surface area contributed by atoms with Crippen molar-refractivity contribution in [3.63, 3.8) is 0 Å². The van der Waals surface area contributed by atoms with E-state index in [4.69, 9.17) is 5.11 Å². The molecule has 4 nitrogen and oxygen atoms in total. The first-order chi connectivity index (χ1) is 9.11. The summed E-state index contributed by atoms with van der Waals surface area (Å²) in [5.41, 5.74) is 2.01. The Kier molecular flexibility index (Phi) is 4.30. The number of hydrogen-bond acceptors (Lipinski definition) is 3. The van der Waals surface area contributed by atoms with Crippen molar-refractivity contribution in [1.29, 1.82) is 0 Å². The molecule has 0 spiro atoms. The van der Waals surface area contributed by atoms with Gasteiger partial charge in [-0.15, -0.1) is 0 Å². The molecule has 1 aromatic rings. The second kappa shape index (κ2) is 5.95. The van der Waals surface area contributed by atoms with Crippen molar-refractivity contribution < 1.29 is 9.90 Å². The van der Waals surface area contributed by atoms with E-state index in [0.29, 0.717) is 5.92 Å². The number of carboxylic acid groups (broad SMARTS) is 1. The van der Waals surface area contributed by atoms with E-state index in [1.165, 1.54) is 5.56 Å². The second-order valence-electron chi connectivity index (χ2n) is 5.35. The van der Waals surface area contributed by atoms with Gasteiger partial charge in [0.2, 0.25) is 0 Å². The molecule has 0 saturated heterocycles. The summed E-state index contributed by atoms with van der Waals surface area (Å²) >= 11 is 0. The van der Waals surface area contributed by atoms with Gasteiger partial charge < -0.3 is 5.11 Å². The van der Waals surface area contributed by atoms with Crippen LogP contribution in [0.25, 0.3) is 0 Å². The first-order valence-corrected chi connectivity index (χ1v) is 6.77. The van der Waals surface area contributed by atoms with E-state index >= 15 is 0 Å². The van der Waals surface area contributed by atoms with Crippen molar-refractivity contribution >= 4 is 5.97 Å². The quantitative estimate of drug-likeness (QED) is 0.841. The molecule has 1 aromatic carbocycles. The first kappa shape index (κ1) is 13.7. The Labute approximate surface area is 112 Å². The van der Waals surface area contributed by atoms with Crippen molar-refractivity contribution in [3.8, 4) is 0 Å². The van der Waals surface area contributed by atoms with E-state index in [1.54, 1.807) is 6.92 Å². The van der Waals surface area contributed by atoms with Crippen LogP contribution in [0.3, 0.4) is 0 Å². The van der Waals surface area contributed by atoms with Crippen LogP contribution in [0.5, 0.6) is 0 Å². The lowest BCUT2D eigenvalue weighted by Gasteiger charge is -2.25. The average molecular weight is 261 g/mol. The number of carbonyl (C=O) groups is 1. The summed E-state index contributed by atoms with van der Waals surface area (Å²) in [6.45, 7) is 1.68. The molecule has 0 radical (unpaired) electrons. The zero-order valence-electron chi connectivity index (χ0n) is 11.1. The summed E-state index contributed by atoms with van der Waals surface area (Å²) in [7, 11) is 0. The maximum absolute atomic E-state index is 10.9. The molecule has 102 valence electrons. The molecule has 1 fully saturated rings. The third kappa shape index (κ3) is 3.19. The van der Waals surface area contributed by atoms with Gasteiger partial charge in [0.1, 0.15) is 0 Å². The van der Waals surface area contributed by atoms with Crippen molar-refractivity contribution in [2.24, 2.45) is 5.18 Å². The van der Waals surface area contributed by atoms with Crippen LogP contribution >= 0.6 is 0 Å². The molecule has 1 N–H and O–H groups in total. The number of carboxylic acids is 1. The maximum Gasteiger partial charge on any atom is 0.310 e. The van der Waals surface area contributed by atoms with E-state index in [0.717, 1.165) is 31.2 Å². The molecule has 3 unspecified atom stereocenters. The summed E-state index contributed by atoms with van der Waals surface area (Å²) in [6.07, 6.45) is 3.83. The highest BCUT2D eigenvalue weighted by molar-refractivity contribution is 5.75. The van der Waals surface area contributed by atoms with Crippen molar-refractivity contribution in [2.45, 2.75) is 50.5 Å². The zero-order chi connectivity index (χ0) is 13.8. The Morgan fingerprint density at radius 2 is 2.00 bits per heavy atom. The Hall–Kier alpha value is -1.71. The van der Waals surface area contributed by atoms with Gasteiger partial charge in [-0.05, 0) is 43.2 Å². The Morgan fingerprint density at radius 3 is 2.58 bits per heavy atom.